The van der Waals surface area contributed by atoms with Gasteiger partial charge in [-0.3, -0.25) is 9.98 Å². The van der Waals surface area contributed by atoms with Crippen LogP contribution >= 0.6 is 15.8 Å². The van der Waals surface area contributed by atoms with Gasteiger partial charge in [0.15, 0.2) is 0 Å². The Kier molecular flexibility index (Phi) is 17.3. The van der Waals surface area contributed by atoms with Crippen LogP contribution < -0.4 is 42.0 Å². The fraction of sp³-hybridized carbons (Fsp3) is 0.200. The van der Waals surface area contributed by atoms with Crippen LogP contribution in [0.5, 0.6) is 0 Å². The Balaban J connectivity index is 0.000000256. The number of benzene rings is 6. The molecule has 0 N–H and O–H groups in total. The smallest absolute Gasteiger partial charge is 0.548 e. The minimum Gasteiger partial charge on any atom is -0.548 e. The number of nitrogens with zero attached hydrogens (tertiary/aromatic N) is 2. The molecule has 0 aromatic heterocycles. The van der Waals surface area contributed by atoms with Gasteiger partial charge in [-0.1, -0.05) is 211 Å². The van der Waals surface area contributed by atoms with Crippen molar-refractivity contribution in [2.45, 2.75) is 53.6 Å². The van der Waals surface area contributed by atoms with Gasteiger partial charge in [0.1, 0.15) is 0 Å². The standard InChI is InChI=1S/2C25H26NO2P.Cu/c2*1-25(2,3)23(24(27)28)26-18-19-12-10-11-17-22(19)29(20-13-6-4-7-14-20)21-15-8-5-9-16-21;/h2*4-18,23H,1-3H3,(H,27,28);/q;;+2/p-2. The van der Waals surface area contributed by atoms with E-state index in [1.807, 2.05) is 102 Å². The van der Waals surface area contributed by atoms with Crippen LogP contribution in [0.3, 0.4) is 0 Å². The van der Waals surface area contributed by atoms with Crippen molar-refractivity contribution in [2.75, 3.05) is 0 Å². The average Bonchev–Trinajstić information content (AvgIpc) is 3.20. The summed E-state index contributed by atoms with van der Waals surface area (Å²) in [4.78, 5) is 32.1. The molecular formula is C50H50CuN2O4P2. The molecule has 0 heterocycles. The number of carboxylic acid groups (broad SMARTS) is 2. The van der Waals surface area contributed by atoms with E-state index in [1.54, 1.807) is 12.4 Å². The molecule has 305 valence electrons. The Morgan fingerprint density at radius 1 is 0.441 bits per heavy atom. The molecule has 6 aromatic carbocycles. The molecule has 9 heteroatoms. The summed E-state index contributed by atoms with van der Waals surface area (Å²) in [5.74, 6) is -2.31. The fourth-order valence-electron chi connectivity index (χ4n) is 6.35. The van der Waals surface area contributed by atoms with Crippen LogP contribution in [0.15, 0.2) is 180 Å². The summed E-state index contributed by atoms with van der Waals surface area (Å²) in [5, 5.41) is 30.5. The summed E-state index contributed by atoms with van der Waals surface area (Å²) >= 11 is 0. The van der Waals surface area contributed by atoms with E-state index in [4.69, 9.17) is 0 Å². The molecule has 1 radical (unpaired) electrons. The van der Waals surface area contributed by atoms with E-state index in [-0.39, 0.29) is 17.1 Å². The van der Waals surface area contributed by atoms with Crippen molar-refractivity contribution in [3.63, 3.8) is 0 Å². The number of rotatable bonds is 12. The maximum absolute atomic E-state index is 11.6. The second-order valence-electron chi connectivity index (χ2n) is 15.9. The van der Waals surface area contributed by atoms with Crippen molar-refractivity contribution in [1.82, 2.24) is 0 Å². The van der Waals surface area contributed by atoms with Gasteiger partial charge in [0.25, 0.3) is 0 Å². The zero-order chi connectivity index (χ0) is 41.7. The van der Waals surface area contributed by atoms with Crippen molar-refractivity contribution in [2.24, 2.45) is 20.8 Å². The zero-order valence-corrected chi connectivity index (χ0v) is 36.9. The van der Waals surface area contributed by atoms with Gasteiger partial charge in [-0.25, -0.2) is 0 Å². The predicted octanol–water partition coefficient (Wildman–Crippen LogP) is 6.05. The number of carbonyl (C=O) groups excluding carboxylic acids is 2. The Labute approximate surface area is 362 Å². The van der Waals surface area contributed by atoms with Gasteiger partial charge >= 0.3 is 17.1 Å². The monoisotopic (exact) mass is 867 g/mol. The van der Waals surface area contributed by atoms with Gasteiger partial charge in [0, 0.05) is 23.6 Å². The number of aliphatic carboxylic acids is 2. The van der Waals surface area contributed by atoms with Gasteiger partial charge in [0.2, 0.25) is 0 Å². The van der Waals surface area contributed by atoms with Crippen LogP contribution in [0, 0.1) is 10.8 Å². The maximum atomic E-state index is 11.6. The molecular weight excluding hydrogens is 818 g/mol. The first-order valence-electron chi connectivity index (χ1n) is 19.2. The van der Waals surface area contributed by atoms with Crippen LogP contribution in [-0.4, -0.2) is 36.5 Å². The molecule has 0 aliphatic carbocycles. The zero-order valence-electron chi connectivity index (χ0n) is 34.2. The summed E-state index contributed by atoms with van der Waals surface area (Å²) in [6.45, 7) is 11.2. The Morgan fingerprint density at radius 2 is 0.678 bits per heavy atom. The molecule has 0 saturated heterocycles. The van der Waals surface area contributed by atoms with Crippen LogP contribution in [0.25, 0.3) is 0 Å². The quantitative estimate of drug-likeness (QED) is 0.0849. The number of carbonyl (C=O) groups is 2. The van der Waals surface area contributed by atoms with Gasteiger partial charge in [-0.2, -0.15) is 0 Å². The topological polar surface area (TPSA) is 105 Å². The second kappa shape index (κ2) is 21.8. The summed E-state index contributed by atoms with van der Waals surface area (Å²) in [6.07, 6.45) is 3.39. The van der Waals surface area contributed by atoms with Crippen LogP contribution in [0.4, 0.5) is 0 Å². The molecule has 0 aliphatic rings. The molecule has 2 atom stereocenters. The van der Waals surface area contributed by atoms with Crippen molar-refractivity contribution in [3.05, 3.63) is 181 Å². The second-order valence-corrected chi connectivity index (χ2v) is 20.2. The van der Waals surface area contributed by atoms with E-state index in [0.717, 1.165) is 21.7 Å². The van der Waals surface area contributed by atoms with Gasteiger partial charge in [-0.15, -0.1) is 0 Å². The van der Waals surface area contributed by atoms with E-state index in [1.165, 1.54) is 21.2 Å². The predicted molar refractivity (Wildman–Crippen MR) is 242 cm³/mol. The summed E-state index contributed by atoms with van der Waals surface area (Å²) in [5.41, 5.74) is 0.825. The molecule has 0 amide bonds. The third-order valence-corrected chi connectivity index (χ3v) is 14.3. The molecule has 0 spiro atoms. The Morgan fingerprint density at radius 3 is 0.915 bits per heavy atom. The van der Waals surface area contributed by atoms with Gasteiger partial charge < -0.3 is 19.8 Å². The number of carboxylic acids is 2. The van der Waals surface area contributed by atoms with Gasteiger partial charge in [-0.05, 0) is 58.5 Å². The minimum absolute atomic E-state index is 0. The average molecular weight is 868 g/mol. The van der Waals surface area contributed by atoms with Crippen molar-refractivity contribution >= 4 is 72.0 Å². The molecule has 0 aliphatic heterocycles. The first kappa shape index (κ1) is 46.7. The molecule has 0 bridgehead atoms. The van der Waals surface area contributed by atoms with E-state index in [0.29, 0.717) is 0 Å². The summed E-state index contributed by atoms with van der Waals surface area (Å²) < 4.78 is 0. The fourth-order valence-corrected chi connectivity index (χ4v) is 11.2. The van der Waals surface area contributed by atoms with Crippen LogP contribution in [0.2, 0.25) is 0 Å². The first-order valence-corrected chi connectivity index (χ1v) is 21.9. The minimum atomic E-state index is -1.15. The Bertz CT molecular complexity index is 2050. The molecule has 59 heavy (non-hydrogen) atoms. The third kappa shape index (κ3) is 13.0. The van der Waals surface area contributed by atoms with Crippen LogP contribution in [-0.2, 0) is 26.7 Å². The molecule has 6 rings (SSSR count). The van der Waals surface area contributed by atoms with E-state index >= 15 is 0 Å². The SMILES string of the molecule is CC(C)(C)C(N=Cc1ccccc1P(c1ccccc1)c1ccccc1)C(=O)[O-].CC(C)(C)C(N=Cc1ccccc1P(c1ccccc1)c1ccccc1)C(=O)[O-].[Cu+2]. The summed E-state index contributed by atoms with van der Waals surface area (Å²) in [7, 11) is -1.59. The van der Waals surface area contributed by atoms with Gasteiger partial charge in [0.05, 0.1) is 24.0 Å². The number of hydrogen-bond donors (Lipinski definition) is 0. The number of aliphatic imine (C=N–C) groups is 2. The van der Waals surface area contributed by atoms with Crippen molar-refractivity contribution < 1.29 is 36.9 Å². The van der Waals surface area contributed by atoms with Crippen LogP contribution in [0.1, 0.15) is 52.7 Å². The molecule has 2 unspecified atom stereocenters. The van der Waals surface area contributed by atoms with E-state index in [2.05, 4.69) is 119 Å². The van der Waals surface area contributed by atoms with Crippen molar-refractivity contribution in [1.29, 1.82) is 0 Å². The first-order chi connectivity index (χ1) is 27.8. The van der Waals surface area contributed by atoms with Crippen molar-refractivity contribution in [3.8, 4) is 0 Å². The number of hydrogen-bond acceptors (Lipinski definition) is 6. The Hall–Kier alpha value is -5.02. The molecule has 6 nitrogen and oxygen atoms in total. The van der Waals surface area contributed by atoms with E-state index < -0.39 is 50.7 Å². The molecule has 0 saturated carbocycles. The maximum Gasteiger partial charge on any atom is 2.00 e. The molecule has 0 fully saturated rings. The third-order valence-electron chi connectivity index (χ3n) is 9.23. The normalized spacial score (nSPS) is 12.7. The van der Waals surface area contributed by atoms with E-state index in [9.17, 15) is 19.8 Å². The largest absolute Gasteiger partial charge is 2.00 e. The molecule has 6 aromatic rings. The summed E-state index contributed by atoms with van der Waals surface area (Å²) in [6, 6.07) is 56.0.